The van der Waals surface area contributed by atoms with Crippen molar-refractivity contribution in [3.63, 3.8) is 0 Å². The zero-order valence-electron chi connectivity index (χ0n) is 11.5. The molecule has 2 heterocycles. The summed E-state index contributed by atoms with van der Waals surface area (Å²) in [4.78, 5) is 13.0. The Hall–Kier alpha value is -1.27. The van der Waals surface area contributed by atoms with Crippen molar-refractivity contribution in [2.24, 2.45) is 0 Å². The number of aromatic amines is 1. The first-order valence-corrected chi connectivity index (χ1v) is 8.65. The lowest BCUT2D eigenvalue weighted by atomic mass is 10.1. The number of thiophene rings is 1. The zero-order valence-corrected chi connectivity index (χ0v) is 13.1. The number of aromatic nitrogens is 2. The summed E-state index contributed by atoms with van der Waals surface area (Å²) in [6.07, 6.45) is 3.75. The molecule has 0 atom stereocenters. The van der Waals surface area contributed by atoms with Crippen LogP contribution in [0.1, 0.15) is 22.6 Å². The Morgan fingerprint density at radius 2 is 2.45 bits per heavy atom. The van der Waals surface area contributed by atoms with E-state index < -0.39 is 0 Å². The highest BCUT2D eigenvalue weighted by Crippen LogP contribution is 2.16. The molecule has 0 aliphatic rings. The van der Waals surface area contributed by atoms with Gasteiger partial charge in [-0.1, -0.05) is 6.07 Å². The van der Waals surface area contributed by atoms with Gasteiger partial charge in [0.25, 0.3) is 0 Å². The van der Waals surface area contributed by atoms with Crippen LogP contribution in [0.3, 0.4) is 0 Å². The predicted octanol–water partition coefficient (Wildman–Crippen LogP) is 2.76. The molecule has 108 valence electrons. The highest BCUT2D eigenvalue weighted by molar-refractivity contribution is 7.99. The molecule has 0 saturated heterocycles. The molecule has 1 amide bonds. The summed E-state index contributed by atoms with van der Waals surface area (Å²) in [6, 6.07) is 4.14. The molecule has 2 aromatic heterocycles. The number of thioether (sulfide) groups is 1. The molecule has 0 saturated carbocycles. The monoisotopic (exact) mass is 309 g/mol. The van der Waals surface area contributed by atoms with Gasteiger partial charge in [0.05, 0.1) is 11.9 Å². The molecule has 0 fully saturated rings. The predicted molar refractivity (Wildman–Crippen MR) is 85.1 cm³/mol. The fraction of sp³-hybridized carbons (Fsp3) is 0.429. The number of carbonyl (C=O) groups is 1. The Bertz CT molecular complexity index is 522. The van der Waals surface area contributed by atoms with E-state index in [1.165, 1.54) is 10.4 Å². The van der Waals surface area contributed by atoms with Crippen molar-refractivity contribution in [2.75, 3.05) is 12.3 Å². The van der Waals surface area contributed by atoms with Gasteiger partial charge in [0.2, 0.25) is 5.91 Å². The van der Waals surface area contributed by atoms with Crippen molar-refractivity contribution in [1.82, 2.24) is 15.5 Å². The fourth-order valence-electron chi connectivity index (χ4n) is 1.82. The molecule has 0 unspecified atom stereocenters. The van der Waals surface area contributed by atoms with Crippen LogP contribution in [0.5, 0.6) is 0 Å². The third kappa shape index (κ3) is 5.02. The normalized spacial score (nSPS) is 10.7. The molecule has 0 spiro atoms. The van der Waals surface area contributed by atoms with Crippen LogP contribution in [0.2, 0.25) is 0 Å². The van der Waals surface area contributed by atoms with Crippen LogP contribution in [0.25, 0.3) is 0 Å². The molecule has 4 nitrogen and oxygen atoms in total. The van der Waals surface area contributed by atoms with E-state index in [2.05, 4.69) is 27.0 Å². The molecular weight excluding hydrogens is 290 g/mol. The van der Waals surface area contributed by atoms with Crippen LogP contribution in [0.15, 0.2) is 23.7 Å². The first kappa shape index (κ1) is 15.1. The van der Waals surface area contributed by atoms with Gasteiger partial charge >= 0.3 is 0 Å². The van der Waals surface area contributed by atoms with Gasteiger partial charge < -0.3 is 5.32 Å². The van der Waals surface area contributed by atoms with Gasteiger partial charge in [0.1, 0.15) is 0 Å². The summed E-state index contributed by atoms with van der Waals surface area (Å²) < 4.78 is 0. The van der Waals surface area contributed by atoms with E-state index >= 15 is 0 Å². The van der Waals surface area contributed by atoms with E-state index in [0.717, 1.165) is 30.8 Å². The Morgan fingerprint density at radius 1 is 1.55 bits per heavy atom. The van der Waals surface area contributed by atoms with E-state index in [-0.39, 0.29) is 5.91 Å². The van der Waals surface area contributed by atoms with Gasteiger partial charge in [-0.2, -0.15) is 5.10 Å². The van der Waals surface area contributed by atoms with Crippen molar-refractivity contribution in [2.45, 2.75) is 25.5 Å². The number of hydrogen-bond acceptors (Lipinski definition) is 4. The number of carbonyl (C=O) groups excluding carboxylic acids is 1. The molecule has 0 aliphatic heterocycles. The topological polar surface area (TPSA) is 57.8 Å². The maximum Gasteiger partial charge on any atom is 0.230 e. The number of amides is 1. The third-order valence-corrected chi connectivity index (χ3v) is 4.98. The summed E-state index contributed by atoms with van der Waals surface area (Å²) in [5, 5.41) is 11.9. The van der Waals surface area contributed by atoms with E-state index in [1.54, 1.807) is 23.1 Å². The molecule has 2 N–H and O–H groups in total. The molecule has 6 heteroatoms. The molecule has 0 bridgehead atoms. The number of aryl methyl sites for hydroxylation is 2. The van der Waals surface area contributed by atoms with E-state index in [4.69, 9.17) is 0 Å². The number of nitrogens with one attached hydrogen (secondary N) is 2. The second kappa shape index (κ2) is 8.11. The van der Waals surface area contributed by atoms with Gasteiger partial charge in [0, 0.05) is 22.9 Å². The summed E-state index contributed by atoms with van der Waals surface area (Å²) in [6.45, 7) is 2.74. The van der Waals surface area contributed by atoms with Gasteiger partial charge in [-0.05, 0) is 36.8 Å². The van der Waals surface area contributed by atoms with Crippen LogP contribution >= 0.6 is 23.1 Å². The largest absolute Gasteiger partial charge is 0.355 e. The fourth-order valence-corrected chi connectivity index (χ4v) is 3.52. The van der Waals surface area contributed by atoms with Gasteiger partial charge in [0.15, 0.2) is 0 Å². The minimum atomic E-state index is 0.121. The Morgan fingerprint density at radius 3 is 3.15 bits per heavy atom. The van der Waals surface area contributed by atoms with Crippen molar-refractivity contribution in [3.8, 4) is 0 Å². The second-order valence-corrected chi connectivity index (χ2v) is 6.56. The summed E-state index contributed by atoms with van der Waals surface area (Å²) in [7, 11) is 0. The Labute approximate surface area is 127 Å². The number of nitrogens with zero attached hydrogens (tertiary/aromatic N) is 1. The van der Waals surface area contributed by atoms with Crippen LogP contribution in [0.4, 0.5) is 0 Å². The molecule has 0 aliphatic carbocycles. The van der Waals surface area contributed by atoms with Gasteiger partial charge in [-0.15, -0.1) is 23.1 Å². The summed E-state index contributed by atoms with van der Waals surface area (Å²) in [5.74, 6) is 1.57. The number of H-pyrrole nitrogens is 1. The average molecular weight is 309 g/mol. The molecule has 0 aromatic carbocycles. The SMILES string of the molecule is Cc1[nH]ncc1CCCNC(=O)CSCc1cccs1. The second-order valence-electron chi connectivity index (χ2n) is 4.55. The van der Waals surface area contributed by atoms with Crippen molar-refractivity contribution < 1.29 is 4.79 Å². The van der Waals surface area contributed by atoms with E-state index in [0.29, 0.717) is 5.75 Å². The van der Waals surface area contributed by atoms with Crippen molar-refractivity contribution in [1.29, 1.82) is 0 Å². The standard InChI is InChI=1S/C14H19N3OS2/c1-11-12(8-16-17-11)4-2-6-15-14(18)10-19-9-13-5-3-7-20-13/h3,5,7-8H,2,4,6,9-10H2,1H3,(H,15,18)(H,16,17). The van der Waals surface area contributed by atoms with Crippen LogP contribution < -0.4 is 5.32 Å². The van der Waals surface area contributed by atoms with Gasteiger partial charge in [-0.3, -0.25) is 9.89 Å². The zero-order chi connectivity index (χ0) is 14.2. The molecule has 2 aromatic rings. The molecule has 2 rings (SSSR count). The maximum absolute atomic E-state index is 11.7. The molecule has 20 heavy (non-hydrogen) atoms. The van der Waals surface area contributed by atoms with E-state index in [1.807, 2.05) is 19.2 Å². The summed E-state index contributed by atoms with van der Waals surface area (Å²) in [5.41, 5.74) is 2.34. The lowest BCUT2D eigenvalue weighted by Gasteiger charge is -2.04. The Kier molecular flexibility index (Phi) is 6.14. The van der Waals surface area contributed by atoms with Crippen LogP contribution in [0, 0.1) is 6.92 Å². The lowest BCUT2D eigenvalue weighted by molar-refractivity contribution is -0.118. The molecular formula is C14H19N3OS2. The van der Waals surface area contributed by atoms with Crippen LogP contribution in [-0.2, 0) is 17.0 Å². The maximum atomic E-state index is 11.7. The van der Waals surface area contributed by atoms with E-state index in [9.17, 15) is 4.79 Å². The smallest absolute Gasteiger partial charge is 0.230 e. The van der Waals surface area contributed by atoms with Crippen molar-refractivity contribution in [3.05, 3.63) is 39.8 Å². The lowest BCUT2D eigenvalue weighted by Crippen LogP contribution is -2.26. The number of hydrogen-bond donors (Lipinski definition) is 2. The minimum Gasteiger partial charge on any atom is -0.355 e. The first-order valence-electron chi connectivity index (χ1n) is 6.61. The van der Waals surface area contributed by atoms with Crippen molar-refractivity contribution >= 4 is 29.0 Å². The summed E-state index contributed by atoms with van der Waals surface area (Å²) >= 11 is 3.40. The quantitative estimate of drug-likeness (QED) is 0.737. The minimum absolute atomic E-state index is 0.121. The third-order valence-electron chi connectivity index (χ3n) is 2.94. The van der Waals surface area contributed by atoms with Gasteiger partial charge in [-0.25, -0.2) is 0 Å². The molecule has 0 radical (unpaired) electrons. The Balaban J connectivity index is 1.53. The first-order chi connectivity index (χ1) is 9.75. The van der Waals surface area contributed by atoms with Crippen LogP contribution in [-0.4, -0.2) is 28.4 Å². The highest BCUT2D eigenvalue weighted by atomic mass is 32.2. The number of rotatable bonds is 8. The average Bonchev–Trinajstić information content (AvgIpc) is 3.07. The highest BCUT2D eigenvalue weighted by Gasteiger charge is 2.03.